The zero-order chi connectivity index (χ0) is 50.2. The van der Waals surface area contributed by atoms with Crippen molar-refractivity contribution in [1.82, 2.24) is 15.2 Å². The van der Waals surface area contributed by atoms with Crippen LogP contribution >= 0.6 is 23.1 Å². The Morgan fingerprint density at radius 1 is 0.789 bits per heavy atom. The number of esters is 2. The predicted molar refractivity (Wildman–Crippen MR) is 278 cm³/mol. The van der Waals surface area contributed by atoms with E-state index in [4.69, 9.17) is 19.3 Å². The molecule has 1 aromatic heterocycles. The minimum Gasteiger partial charge on any atom is -0.457 e. The standard InChI is InChI=1S/C57H53N5O7S2/c1-7-8-14-29-40-36-70-51-46(50(64)62(51)47(40)52(65)67-48(38-25-15-9-16-26-38)39-27-17-10-18-28-39)59-49(63)45(61-69-56(5,6)53(66)68-55(2,3)4)44-37-71-54(58-44)60-57(41-30-19-11-20-31-41,42-32-21-12-22-33-42)43-34-23-13-24-35-43/h9-35,37,46,48,51H,36H2,1-6H3,(H,58,60)(H,59,63)/t46-,51-/m1/s1. The second-order valence-corrected chi connectivity index (χ2v) is 20.1. The van der Waals surface area contributed by atoms with Gasteiger partial charge in [0.1, 0.15) is 33.9 Å². The van der Waals surface area contributed by atoms with Gasteiger partial charge < -0.3 is 24.9 Å². The van der Waals surface area contributed by atoms with Crippen molar-refractivity contribution in [1.29, 1.82) is 0 Å². The molecular weight excluding hydrogens is 931 g/mol. The number of rotatable bonds is 16. The van der Waals surface area contributed by atoms with Crippen LogP contribution in [-0.2, 0) is 39.0 Å². The first-order valence-electron chi connectivity index (χ1n) is 23.0. The molecule has 2 N–H and O–H groups in total. The van der Waals surface area contributed by atoms with Gasteiger partial charge in [0.15, 0.2) is 16.9 Å². The molecule has 2 aliphatic heterocycles. The van der Waals surface area contributed by atoms with E-state index in [0.717, 1.165) is 27.8 Å². The van der Waals surface area contributed by atoms with Crippen LogP contribution in [0.25, 0.3) is 0 Å². The van der Waals surface area contributed by atoms with Gasteiger partial charge in [0.05, 0.1) is 0 Å². The number of thiazole rings is 1. The Morgan fingerprint density at radius 3 is 1.82 bits per heavy atom. The monoisotopic (exact) mass is 983 g/mol. The van der Waals surface area contributed by atoms with Crippen molar-refractivity contribution in [3.8, 4) is 11.8 Å². The van der Waals surface area contributed by atoms with Crippen LogP contribution in [0.4, 0.5) is 5.13 Å². The Morgan fingerprint density at radius 2 is 1.31 bits per heavy atom. The third-order valence-electron chi connectivity index (χ3n) is 11.6. The highest BCUT2D eigenvalue weighted by molar-refractivity contribution is 8.00. The van der Waals surface area contributed by atoms with Crippen LogP contribution in [0, 0.1) is 11.8 Å². The van der Waals surface area contributed by atoms with Gasteiger partial charge in [-0.2, -0.15) is 0 Å². The Bertz CT molecular complexity index is 2900. The number of amides is 2. The van der Waals surface area contributed by atoms with Crippen molar-refractivity contribution in [3.05, 3.63) is 214 Å². The number of hydrogen-bond donors (Lipinski definition) is 2. The maximum absolute atomic E-state index is 14.8. The number of ether oxygens (including phenoxy) is 2. The summed E-state index contributed by atoms with van der Waals surface area (Å²) in [6.45, 7) is 9.88. The van der Waals surface area contributed by atoms with Crippen molar-refractivity contribution >= 4 is 57.7 Å². The smallest absolute Gasteiger partial charge is 0.356 e. The summed E-state index contributed by atoms with van der Waals surface area (Å²) in [6, 6.07) is 47.6. The van der Waals surface area contributed by atoms with E-state index in [-0.39, 0.29) is 17.1 Å². The Labute approximate surface area is 422 Å². The van der Waals surface area contributed by atoms with Gasteiger partial charge in [0, 0.05) is 11.1 Å². The fourth-order valence-corrected chi connectivity index (χ4v) is 10.2. The molecule has 2 aliphatic rings. The number of oxime groups is 1. The molecule has 360 valence electrons. The molecule has 1 fully saturated rings. The highest BCUT2D eigenvalue weighted by Crippen LogP contribution is 2.43. The fourth-order valence-electron chi connectivity index (χ4n) is 8.13. The molecule has 1 saturated heterocycles. The van der Waals surface area contributed by atoms with Gasteiger partial charge in [-0.05, 0) is 87.1 Å². The fraction of sp³-hybridized carbons (Fsp3) is 0.228. The Hall–Kier alpha value is -7.73. The van der Waals surface area contributed by atoms with Gasteiger partial charge in [-0.1, -0.05) is 163 Å². The van der Waals surface area contributed by atoms with Crippen LogP contribution < -0.4 is 10.6 Å². The molecule has 3 heterocycles. The van der Waals surface area contributed by atoms with Crippen LogP contribution in [-0.4, -0.2) is 67.7 Å². The summed E-state index contributed by atoms with van der Waals surface area (Å²) >= 11 is 2.61. The SMILES string of the molecule is CC#CC=CC1=C(C(=O)OC(c2ccccc2)c2ccccc2)N2C(=O)[C@@H](NC(=O)C(=NOC(C)(C)C(=O)OC(C)(C)C)c3csc(NC(c4ccccc4)(c4ccccc4)c4ccccc4)n3)[C@H]2SC1. The summed E-state index contributed by atoms with van der Waals surface area (Å²) < 4.78 is 11.9. The summed E-state index contributed by atoms with van der Waals surface area (Å²) in [7, 11) is 0. The van der Waals surface area contributed by atoms with E-state index in [1.165, 1.54) is 41.8 Å². The van der Waals surface area contributed by atoms with Crippen molar-refractivity contribution in [2.75, 3.05) is 11.1 Å². The summed E-state index contributed by atoms with van der Waals surface area (Å²) in [5.74, 6) is 3.26. The molecule has 0 saturated carbocycles. The van der Waals surface area contributed by atoms with E-state index in [0.29, 0.717) is 16.5 Å². The second-order valence-electron chi connectivity index (χ2n) is 18.1. The molecule has 2 amide bonds. The number of carbonyl (C=O) groups excluding carboxylic acids is 4. The number of hydrogen-bond acceptors (Lipinski definition) is 12. The Balaban J connectivity index is 1.13. The zero-order valence-electron chi connectivity index (χ0n) is 40.1. The average Bonchev–Trinajstić information content (AvgIpc) is 3.84. The van der Waals surface area contributed by atoms with E-state index in [2.05, 4.69) is 27.6 Å². The van der Waals surface area contributed by atoms with Crippen LogP contribution in [0.15, 0.2) is 186 Å². The molecular formula is C57H53N5O7S2. The van der Waals surface area contributed by atoms with Crippen molar-refractivity contribution in [3.63, 3.8) is 0 Å². The number of fused-ring (bicyclic) bond motifs is 1. The molecule has 0 aliphatic carbocycles. The van der Waals surface area contributed by atoms with Gasteiger partial charge in [0.25, 0.3) is 11.8 Å². The molecule has 0 radical (unpaired) electrons. The Kier molecular flexibility index (Phi) is 15.0. The lowest BCUT2D eigenvalue weighted by Gasteiger charge is -2.49. The molecule has 12 nitrogen and oxygen atoms in total. The molecule has 0 spiro atoms. The number of benzene rings is 5. The lowest BCUT2D eigenvalue weighted by molar-refractivity contribution is -0.179. The van der Waals surface area contributed by atoms with Gasteiger partial charge in [0.2, 0.25) is 5.60 Å². The summed E-state index contributed by atoms with van der Waals surface area (Å²) in [4.78, 5) is 69.3. The lowest BCUT2D eigenvalue weighted by atomic mass is 9.77. The summed E-state index contributed by atoms with van der Waals surface area (Å²) in [6.07, 6.45) is 2.55. The molecule has 14 heteroatoms. The number of anilines is 1. The summed E-state index contributed by atoms with van der Waals surface area (Å²) in [5.41, 5.74) is 1.28. The van der Waals surface area contributed by atoms with Gasteiger partial charge in [-0.15, -0.1) is 29.0 Å². The average molecular weight is 984 g/mol. The highest BCUT2D eigenvalue weighted by Gasteiger charge is 2.55. The van der Waals surface area contributed by atoms with E-state index in [1.54, 1.807) is 45.2 Å². The molecule has 5 aromatic carbocycles. The third kappa shape index (κ3) is 11.0. The first-order chi connectivity index (χ1) is 34.2. The largest absolute Gasteiger partial charge is 0.457 e. The second kappa shape index (κ2) is 21.5. The van der Waals surface area contributed by atoms with Crippen molar-refractivity contribution in [2.24, 2.45) is 5.16 Å². The normalized spacial score (nSPS) is 16.1. The minimum atomic E-state index is -1.65. The van der Waals surface area contributed by atoms with Gasteiger partial charge in [-0.25, -0.2) is 14.6 Å². The van der Waals surface area contributed by atoms with E-state index < -0.39 is 58.0 Å². The van der Waals surface area contributed by atoms with Crippen LogP contribution in [0.5, 0.6) is 0 Å². The first-order valence-corrected chi connectivity index (χ1v) is 24.9. The number of aromatic nitrogens is 1. The minimum absolute atomic E-state index is 0.0561. The first kappa shape index (κ1) is 49.7. The number of carbonyl (C=O) groups is 4. The van der Waals surface area contributed by atoms with Crippen LogP contribution in [0.2, 0.25) is 0 Å². The van der Waals surface area contributed by atoms with Crippen LogP contribution in [0.3, 0.4) is 0 Å². The molecule has 6 aromatic rings. The number of nitrogens with zero attached hydrogens (tertiary/aromatic N) is 3. The molecule has 0 unspecified atom stereocenters. The van der Waals surface area contributed by atoms with Gasteiger partial charge >= 0.3 is 11.9 Å². The molecule has 0 bridgehead atoms. The maximum atomic E-state index is 14.8. The quantitative estimate of drug-likeness (QED) is 0.0240. The number of thioether (sulfide) groups is 1. The predicted octanol–water partition coefficient (Wildman–Crippen LogP) is 9.95. The lowest BCUT2D eigenvalue weighted by Crippen LogP contribution is -2.71. The maximum Gasteiger partial charge on any atom is 0.356 e. The van der Waals surface area contributed by atoms with E-state index >= 15 is 0 Å². The topological polar surface area (TPSA) is 149 Å². The molecule has 8 rings (SSSR count). The number of allylic oxidation sites excluding steroid dienone is 2. The summed E-state index contributed by atoms with van der Waals surface area (Å²) in [5, 5.41) is 12.3. The molecule has 71 heavy (non-hydrogen) atoms. The van der Waals surface area contributed by atoms with Crippen LogP contribution in [0.1, 0.15) is 81.2 Å². The zero-order valence-corrected chi connectivity index (χ0v) is 41.8. The molecule has 2 atom stereocenters. The number of nitrogens with one attached hydrogen (secondary N) is 2. The van der Waals surface area contributed by atoms with Gasteiger partial charge in [-0.3, -0.25) is 14.5 Å². The van der Waals surface area contributed by atoms with E-state index in [1.807, 2.05) is 152 Å². The van der Waals surface area contributed by atoms with Crippen molar-refractivity contribution < 1.29 is 33.5 Å². The highest BCUT2D eigenvalue weighted by atomic mass is 32.2. The number of β-lactam (4-membered cyclic amide) rings is 1. The van der Waals surface area contributed by atoms with E-state index in [9.17, 15) is 19.2 Å². The van der Waals surface area contributed by atoms with Crippen molar-refractivity contribution in [2.45, 2.75) is 75.8 Å². The third-order valence-corrected chi connectivity index (χ3v) is 13.6.